The van der Waals surface area contributed by atoms with Crippen molar-refractivity contribution in [1.29, 1.82) is 0 Å². The zero-order chi connectivity index (χ0) is 13.0. The Morgan fingerprint density at radius 1 is 1.33 bits per heavy atom. The fourth-order valence-corrected chi connectivity index (χ4v) is 1.87. The van der Waals surface area contributed by atoms with E-state index in [1.807, 2.05) is 32.0 Å². The maximum absolute atomic E-state index is 9.96. The third-order valence-electron chi connectivity index (χ3n) is 2.73. The molecule has 0 aromatic carbocycles. The van der Waals surface area contributed by atoms with Crippen LogP contribution < -0.4 is 5.32 Å². The van der Waals surface area contributed by atoms with Crippen molar-refractivity contribution in [1.82, 2.24) is 4.98 Å². The molecule has 0 aliphatic carbocycles. The Bertz CT molecular complexity index is 482. The summed E-state index contributed by atoms with van der Waals surface area (Å²) in [5.41, 5.74) is 0.971. The van der Waals surface area contributed by atoms with E-state index in [-0.39, 0.29) is 6.04 Å². The van der Waals surface area contributed by atoms with E-state index >= 15 is 0 Å². The van der Waals surface area contributed by atoms with Crippen molar-refractivity contribution >= 4 is 5.82 Å². The van der Waals surface area contributed by atoms with Crippen LogP contribution in [-0.4, -0.2) is 16.1 Å². The highest BCUT2D eigenvalue weighted by Gasteiger charge is 2.14. The molecule has 0 amide bonds. The Morgan fingerprint density at radius 3 is 2.83 bits per heavy atom. The molecule has 18 heavy (non-hydrogen) atoms. The van der Waals surface area contributed by atoms with Gasteiger partial charge in [-0.05, 0) is 38.1 Å². The molecule has 2 atom stereocenters. The van der Waals surface area contributed by atoms with Crippen LogP contribution in [0.3, 0.4) is 0 Å². The number of nitrogens with one attached hydrogen (secondary N) is 1. The van der Waals surface area contributed by atoms with Crippen LogP contribution in [0.2, 0.25) is 0 Å². The highest BCUT2D eigenvalue weighted by atomic mass is 16.4. The maximum Gasteiger partial charge on any atom is 0.132 e. The molecule has 0 radical (unpaired) electrons. The summed E-state index contributed by atoms with van der Waals surface area (Å²) in [5, 5.41) is 13.2. The van der Waals surface area contributed by atoms with Gasteiger partial charge in [0.25, 0.3) is 0 Å². The van der Waals surface area contributed by atoms with Crippen LogP contribution in [0, 0.1) is 6.92 Å². The first-order valence-corrected chi connectivity index (χ1v) is 6.07. The summed E-state index contributed by atoms with van der Waals surface area (Å²) in [6.07, 6.45) is 1.55. The standard InChI is InChI=1S/C14H18N2O2/c1-10-5-3-7-14(15-10)16-11(2)9-12(17)13-6-4-8-18-13/h3-8,11-12,17H,9H2,1-2H3,(H,15,16). The molecule has 4 nitrogen and oxygen atoms in total. The second-order valence-electron chi connectivity index (χ2n) is 4.48. The molecule has 2 rings (SSSR count). The first-order chi connectivity index (χ1) is 8.65. The lowest BCUT2D eigenvalue weighted by atomic mass is 10.1. The van der Waals surface area contributed by atoms with Crippen molar-refractivity contribution < 1.29 is 9.52 Å². The van der Waals surface area contributed by atoms with Crippen LogP contribution in [0.1, 0.15) is 30.9 Å². The van der Waals surface area contributed by atoms with Crippen molar-refractivity contribution in [3.8, 4) is 0 Å². The lowest BCUT2D eigenvalue weighted by molar-refractivity contribution is 0.136. The van der Waals surface area contributed by atoms with E-state index in [0.29, 0.717) is 12.2 Å². The van der Waals surface area contributed by atoms with Gasteiger partial charge in [-0.15, -0.1) is 0 Å². The first kappa shape index (κ1) is 12.6. The number of rotatable bonds is 5. The molecular weight excluding hydrogens is 228 g/mol. The largest absolute Gasteiger partial charge is 0.467 e. The molecule has 2 N–H and O–H groups in total. The fraction of sp³-hybridized carbons (Fsp3) is 0.357. The van der Waals surface area contributed by atoms with E-state index in [1.54, 1.807) is 18.4 Å². The van der Waals surface area contributed by atoms with E-state index in [0.717, 1.165) is 11.5 Å². The summed E-state index contributed by atoms with van der Waals surface area (Å²) in [6.45, 7) is 3.96. The number of aromatic nitrogens is 1. The fourth-order valence-electron chi connectivity index (χ4n) is 1.87. The van der Waals surface area contributed by atoms with Crippen LogP contribution in [0.15, 0.2) is 41.0 Å². The highest BCUT2D eigenvalue weighted by molar-refractivity contribution is 5.36. The molecule has 2 unspecified atom stereocenters. The maximum atomic E-state index is 9.96. The van der Waals surface area contributed by atoms with E-state index in [9.17, 15) is 5.11 Å². The molecule has 4 heteroatoms. The lowest BCUT2D eigenvalue weighted by Crippen LogP contribution is -2.19. The molecule has 0 spiro atoms. The van der Waals surface area contributed by atoms with E-state index in [4.69, 9.17) is 4.42 Å². The van der Waals surface area contributed by atoms with Gasteiger partial charge < -0.3 is 14.8 Å². The zero-order valence-electron chi connectivity index (χ0n) is 10.6. The minimum absolute atomic E-state index is 0.111. The Balaban J connectivity index is 1.91. The zero-order valence-corrected chi connectivity index (χ0v) is 10.6. The number of anilines is 1. The van der Waals surface area contributed by atoms with Gasteiger partial charge in [0, 0.05) is 18.2 Å². The van der Waals surface area contributed by atoms with Gasteiger partial charge in [-0.3, -0.25) is 0 Å². The molecule has 2 heterocycles. The predicted molar refractivity (Wildman–Crippen MR) is 70.3 cm³/mol. The normalized spacial score (nSPS) is 14.2. The number of aryl methyl sites for hydroxylation is 1. The van der Waals surface area contributed by atoms with Crippen LogP contribution in [0.25, 0.3) is 0 Å². The van der Waals surface area contributed by atoms with Gasteiger partial charge >= 0.3 is 0 Å². The Kier molecular flexibility index (Phi) is 3.99. The average molecular weight is 246 g/mol. The second-order valence-corrected chi connectivity index (χ2v) is 4.48. The van der Waals surface area contributed by atoms with Crippen molar-refractivity contribution in [2.24, 2.45) is 0 Å². The summed E-state index contributed by atoms with van der Waals surface area (Å²) in [4.78, 5) is 4.37. The average Bonchev–Trinajstić information content (AvgIpc) is 2.81. The van der Waals surface area contributed by atoms with Gasteiger partial charge in [0.1, 0.15) is 17.7 Å². The molecule has 96 valence electrons. The molecular formula is C14H18N2O2. The summed E-state index contributed by atoms with van der Waals surface area (Å²) in [6, 6.07) is 9.50. The Morgan fingerprint density at radius 2 is 2.17 bits per heavy atom. The van der Waals surface area contributed by atoms with Crippen LogP contribution in [-0.2, 0) is 0 Å². The van der Waals surface area contributed by atoms with Gasteiger partial charge in [0.2, 0.25) is 0 Å². The molecule has 2 aromatic rings. The number of hydrogen-bond donors (Lipinski definition) is 2. The number of pyridine rings is 1. The van der Waals surface area contributed by atoms with E-state index < -0.39 is 6.10 Å². The molecule has 0 saturated carbocycles. The number of nitrogens with zero attached hydrogens (tertiary/aromatic N) is 1. The predicted octanol–water partition coefficient (Wildman–Crippen LogP) is 2.91. The quantitative estimate of drug-likeness (QED) is 0.851. The van der Waals surface area contributed by atoms with Crippen LogP contribution >= 0.6 is 0 Å². The summed E-state index contributed by atoms with van der Waals surface area (Å²) >= 11 is 0. The summed E-state index contributed by atoms with van der Waals surface area (Å²) in [5.74, 6) is 1.43. The number of aliphatic hydroxyl groups is 1. The topological polar surface area (TPSA) is 58.3 Å². The summed E-state index contributed by atoms with van der Waals surface area (Å²) < 4.78 is 5.17. The van der Waals surface area contributed by atoms with Crippen molar-refractivity contribution in [3.63, 3.8) is 0 Å². The molecule has 0 fully saturated rings. The van der Waals surface area contributed by atoms with Gasteiger partial charge in [0.05, 0.1) is 6.26 Å². The molecule has 0 aliphatic rings. The molecule has 0 saturated heterocycles. The van der Waals surface area contributed by atoms with Crippen molar-refractivity contribution in [3.05, 3.63) is 48.0 Å². The third kappa shape index (κ3) is 3.34. The minimum Gasteiger partial charge on any atom is -0.467 e. The second kappa shape index (κ2) is 5.69. The smallest absolute Gasteiger partial charge is 0.132 e. The van der Waals surface area contributed by atoms with E-state index in [1.165, 1.54) is 0 Å². The summed E-state index contributed by atoms with van der Waals surface area (Å²) in [7, 11) is 0. The number of hydrogen-bond acceptors (Lipinski definition) is 4. The third-order valence-corrected chi connectivity index (χ3v) is 2.73. The van der Waals surface area contributed by atoms with Gasteiger partial charge in [-0.1, -0.05) is 6.07 Å². The van der Waals surface area contributed by atoms with Crippen molar-refractivity contribution in [2.45, 2.75) is 32.4 Å². The van der Waals surface area contributed by atoms with Gasteiger partial charge in [-0.25, -0.2) is 4.98 Å². The van der Waals surface area contributed by atoms with E-state index in [2.05, 4.69) is 10.3 Å². The highest BCUT2D eigenvalue weighted by Crippen LogP contribution is 2.20. The monoisotopic (exact) mass is 246 g/mol. The Labute approximate surface area is 107 Å². The Hall–Kier alpha value is -1.81. The SMILES string of the molecule is Cc1cccc(NC(C)CC(O)c2ccco2)n1. The first-order valence-electron chi connectivity index (χ1n) is 6.07. The number of aliphatic hydroxyl groups excluding tert-OH is 1. The lowest BCUT2D eigenvalue weighted by Gasteiger charge is -2.17. The van der Waals surface area contributed by atoms with Crippen molar-refractivity contribution in [2.75, 3.05) is 5.32 Å². The van der Waals surface area contributed by atoms with Crippen LogP contribution in [0.5, 0.6) is 0 Å². The molecule has 0 bridgehead atoms. The minimum atomic E-state index is -0.590. The van der Waals surface area contributed by atoms with Gasteiger partial charge in [-0.2, -0.15) is 0 Å². The van der Waals surface area contributed by atoms with Crippen LogP contribution in [0.4, 0.5) is 5.82 Å². The van der Waals surface area contributed by atoms with Gasteiger partial charge in [0.15, 0.2) is 0 Å². The molecule has 0 aliphatic heterocycles. The molecule has 2 aromatic heterocycles. The number of furan rings is 1.